The fourth-order valence-corrected chi connectivity index (χ4v) is 4.01. The molecule has 4 amide bonds. The lowest BCUT2D eigenvalue weighted by molar-refractivity contribution is -0.143. The molecule has 0 unspecified atom stereocenters. The number of rotatable bonds is 7. The van der Waals surface area contributed by atoms with Gasteiger partial charge < -0.3 is 4.57 Å². The maximum absolute atomic E-state index is 12.8. The standard InChI is InChI=1S/C21H24F3N3O4/c1-13-10-16(14(2)27(13)12-21(22,23)24)17(28)11-26-19(30)18(29)25(20(26)31)9-8-15-6-4-3-5-7-15/h6,10H,3-5,7-9,11-12H2,1-2H3. The summed E-state index contributed by atoms with van der Waals surface area (Å²) < 4.78 is 39.3. The van der Waals surface area contributed by atoms with Crippen molar-refractivity contribution in [3.8, 4) is 0 Å². The Morgan fingerprint density at radius 2 is 1.74 bits per heavy atom. The molecule has 0 N–H and O–H groups in total. The average Bonchev–Trinajstić information content (AvgIpc) is 3.09. The van der Waals surface area contributed by atoms with Crippen LogP contribution in [0.2, 0.25) is 0 Å². The van der Waals surface area contributed by atoms with E-state index in [1.807, 2.05) is 0 Å². The zero-order chi connectivity index (χ0) is 22.9. The minimum absolute atomic E-state index is 0.0133. The first-order chi connectivity index (χ1) is 14.5. The van der Waals surface area contributed by atoms with Gasteiger partial charge in [-0.15, -0.1) is 0 Å². The molecule has 1 aliphatic heterocycles. The van der Waals surface area contributed by atoms with Gasteiger partial charge >= 0.3 is 24.0 Å². The summed E-state index contributed by atoms with van der Waals surface area (Å²) in [6, 6.07) is 0.424. The first kappa shape index (κ1) is 22.8. The van der Waals surface area contributed by atoms with Gasteiger partial charge in [0.2, 0.25) is 0 Å². The van der Waals surface area contributed by atoms with E-state index in [0.717, 1.165) is 40.7 Å². The number of amides is 4. The Kier molecular flexibility index (Phi) is 6.38. The van der Waals surface area contributed by atoms with Crippen LogP contribution in [-0.4, -0.2) is 57.3 Å². The van der Waals surface area contributed by atoms with Crippen LogP contribution in [0.3, 0.4) is 0 Å². The highest BCUT2D eigenvalue weighted by atomic mass is 19.4. The number of imide groups is 2. The number of nitrogens with zero attached hydrogens (tertiary/aromatic N) is 3. The van der Waals surface area contributed by atoms with Gasteiger partial charge in [-0.2, -0.15) is 13.2 Å². The van der Waals surface area contributed by atoms with Crippen molar-refractivity contribution < 1.29 is 32.3 Å². The molecule has 2 heterocycles. The van der Waals surface area contributed by atoms with Gasteiger partial charge in [0.25, 0.3) is 0 Å². The van der Waals surface area contributed by atoms with Crippen LogP contribution in [-0.2, 0) is 16.1 Å². The Balaban J connectivity index is 1.70. The largest absolute Gasteiger partial charge is 0.406 e. The fraction of sp³-hybridized carbons (Fsp3) is 0.524. The van der Waals surface area contributed by atoms with Gasteiger partial charge in [0.05, 0.1) is 6.54 Å². The van der Waals surface area contributed by atoms with Crippen molar-refractivity contribution in [1.82, 2.24) is 14.4 Å². The molecule has 1 aromatic rings. The number of carbonyl (C=O) groups is 4. The fourth-order valence-electron chi connectivity index (χ4n) is 4.01. The second kappa shape index (κ2) is 8.68. The van der Waals surface area contributed by atoms with Gasteiger partial charge in [-0.25, -0.2) is 9.69 Å². The number of Topliss-reactive ketones (excluding diaryl/α,β-unsaturated/α-hetero) is 1. The van der Waals surface area contributed by atoms with Crippen molar-refractivity contribution in [1.29, 1.82) is 0 Å². The average molecular weight is 439 g/mol. The Labute approximate surface area is 177 Å². The summed E-state index contributed by atoms with van der Waals surface area (Å²) >= 11 is 0. The Bertz CT molecular complexity index is 962. The van der Waals surface area contributed by atoms with Gasteiger partial charge in [-0.1, -0.05) is 11.6 Å². The van der Waals surface area contributed by atoms with E-state index < -0.39 is 42.9 Å². The van der Waals surface area contributed by atoms with E-state index in [2.05, 4.69) is 6.08 Å². The molecule has 7 nitrogen and oxygen atoms in total. The van der Waals surface area contributed by atoms with Crippen molar-refractivity contribution in [2.45, 2.75) is 58.7 Å². The molecule has 0 bridgehead atoms. The van der Waals surface area contributed by atoms with Crippen molar-refractivity contribution >= 4 is 23.6 Å². The van der Waals surface area contributed by atoms with Crippen LogP contribution in [0.5, 0.6) is 0 Å². The number of alkyl halides is 3. The van der Waals surface area contributed by atoms with Gasteiger partial charge in [0.15, 0.2) is 5.78 Å². The van der Waals surface area contributed by atoms with Crippen LogP contribution >= 0.6 is 0 Å². The van der Waals surface area contributed by atoms with Gasteiger partial charge in [0, 0.05) is 23.5 Å². The molecule has 0 spiro atoms. The van der Waals surface area contributed by atoms with E-state index in [-0.39, 0.29) is 23.5 Å². The van der Waals surface area contributed by atoms with Crippen LogP contribution in [0.25, 0.3) is 0 Å². The van der Waals surface area contributed by atoms with E-state index in [0.29, 0.717) is 11.3 Å². The first-order valence-corrected chi connectivity index (χ1v) is 10.1. The number of allylic oxidation sites excluding steroid dienone is 1. The van der Waals surface area contributed by atoms with Crippen LogP contribution in [0, 0.1) is 13.8 Å². The molecule has 10 heteroatoms. The van der Waals surface area contributed by atoms with Gasteiger partial charge in [-0.05, 0) is 52.0 Å². The Morgan fingerprint density at radius 1 is 1.06 bits per heavy atom. The summed E-state index contributed by atoms with van der Waals surface area (Å²) in [5, 5.41) is 0. The van der Waals surface area contributed by atoms with E-state index in [9.17, 15) is 32.3 Å². The second-order valence-electron chi connectivity index (χ2n) is 7.90. The van der Waals surface area contributed by atoms with Gasteiger partial charge in [-0.3, -0.25) is 19.3 Å². The molecule has 0 aromatic carbocycles. The normalized spacial score (nSPS) is 17.6. The number of hydrogen-bond donors (Lipinski definition) is 0. The molecule has 0 atom stereocenters. The predicted molar refractivity (Wildman–Crippen MR) is 104 cm³/mol. The topological polar surface area (TPSA) is 79.7 Å². The number of aromatic nitrogens is 1. The Morgan fingerprint density at radius 3 is 2.35 bits per heavy atom. The van der Waals surface area contributed by atoms with Crippen molar-refractivity contribution in [2.75, 3.05) is 13.1 Å². The molecule has 2 aliphatic rings. The number of ketones is 1. The molecule has 3 rings (SSSR count). The molecule has 1 aliphatic carbocycles. The van der Waals surface area contributed by atoms with Crippen molar-refractivity contribution in [2.24, 2.45) is 0 Å². The molecular weight excluding hydrogens is 415 g/mol. The lowest BCUT2D eigenvalue weighted by atomic mass is 9.97. The quantitative estimate of drug-likeness (QED) is 0.282. The summed E-state index contributed by atoms with van der Waals surface area (Å²) in [6.45, 7) is 0.919. The zero-order valence-electron chi connectivity index (χ0n) is 17.4. The monoisotopic (exact) mass is 439 g/mol. The third kappa shape index (κ3) is 4.88. The minimum atomic E-state index is -4.46. The maximum atomic E-state index is 12.8. The number of halogens is 3. The summed E-state index contributed by atoms with van der Waals surface area (Å²) in [5.74, 6) is -2.79. The summed E-state index contributed by atoms with van der Waals surface area (Å²) in [5.41, 5.74) is 1.44. The van der Waals surface area contributed by atoms with E-state index in [4.69, 9.17) is 0 Å². The summed E-state index contributed by atoms with van der Waals surface area (Å²) in [6.07, 6.45) is 2.07. The molecule has 31 heavy (non-hydrogen) atoms. The third-order valence-electron chi connectivity index (χ3n) is 5.69. The first-order valence-electron chi connectivity index (χ1n) is 10.1. The summed E-state index contributed by atoms with van der Waals surface area (Å²) in [4.78, 5) is 51.2. The van der Waals surface area contributed by atoms with E-state index >= 15 is 0 Å². The molecule has 1 aromatic heterocycles. The molecule has 1 fully saturated rings. The number of carbonyl (C=O) groups excluding carboxylic acids is 4. The van der Waals surface area contributed by atoms with Crippen LogP contribution in [0.4, 0.5) is 18.0 Å². The second-order valence-corrected chi connectivity index (χ2v) is 7.90. The van der Waals surface area contributed by atoms with Crippen molar-refractivity contribution in [3.05, 3.63) is 34.7 Å². The Hall–Kier alpha value is -2.91. The molecule has 0 saturated carbocycles. The highest BCUT2D eigenvalue weighted by molar-refractivity contribution is 6.45. The molecule has 1 saturated heterocycles. The summed E-state index contributed by atoms with van der Waals surface area (Å²) in [7, 11) is 0. The molecule has 168 valence electrons. The van der Waals surface area contributed by atoms with Gasteiger partial charge in [0.1, 0.15) is 6.54 Å². The lowest BCUT2D eigenvalue weighted by Gasteiger charge is -2.17. The SMILES string of the molecule is Cc1cc(C(=O)CN2C(=O)C(=O)N(CCC3=CCCCC3)C2=O)c(C)n1CC(F)(F)F. The van der Waals surface area contributed by atoms with Crippen LogP contribution in [0.15, 0.2) is 17.7 Å². The zero-order valence-corrected chi connectivity index (χ0v) is 17.4. The van der Waals surface area contributed by atoms with Crippen LogP contribution in [0.1, 0.15) is 53.8 Å². The third-order valence-corrected chi connectivity index (χ3v) is 5.69. The number of aryl methyl sites for hydroxylation is 1. The smallest absolute Gasteiger partial charge is 0.339 e. The van der Waals surface area contributed by atoms with E-state index in [1.54, 1.807) is 0 Å². The minimum Gasteiger partial charge on any atom is -0.339 e. The lowest BCUT2D eigenvalue weighted by Crippen LogP contribution is -2.37. The highest BCUT2D eigenvalue weighted by Crippen LogP contribution is 2.25. The molecular formula is C21H24F3N3O4. The number of hydrogen-bond acceptors (Lipinski definition) is 4. The van der Waals surface area contributed by atoms with E-state index in [1.165, 1.54) is 19.9 Å². The predicted octanol–water partition coefficient (Wildman–Crippen LogP) is 3.53. The van der Waals surface area contributed by atoms with Crippen molar-refractivity contribution in [3.63, 3.8) is 0 Å². The maximum Gasteiger partial charge on any atom is 0.406 e. The number of urea groups is 1. The van der Waals surface area contributed by atoms with Crippen LogP contribution < -0.4 is 0 Å². The highest BCUT2D eigenvalue weighted by Gasteiger charge is 2.45. The molecule has 0 radical (unpaired) electrons.